The van der Waals surface area contributed by atoms with E-state index in [1.54, 1.807) is 0 Å². The Labute approximate surface area is 516 Å². The quantitative estimate of drug-likeness (QED) is 0.0441. The first-order valence-corrected chi connectivity index (χ1v) is 31.7. The van der Waals surface area contributed by atoms with Crippen molar-refractivity contribution in [1.82, 2.24) is 0 Å². The van der Waals surface area contributed by atoms with E-state index in [4.69, 9.17) is 52.1 Å². The van der Waals surface area contributed by atoms with Crippen LogP contribution in [-0.4, -0.2) is 275 Å². The summed E-state index contributed by atoms with van der Waals surface area (Å²) in [5, 5.41) is 162. The SMILES string of the molecule is CC(=O)OC[C@H]1O[C@@H](OC[C@H]2O[C@@H](OC(=O)[C@]34CC[C@@](C)(CO)C[C@H]3C3=CC[C@@H]5[C@@]6(C)CC[C@H](O[C@@H]7OC[C@H](O)[C@H](O)[C@H]7O[C@@H]7O[C@H](CO)[C@@H](O)[C@H](O)[C@H]7O)C(C)(C)[C@@H]6CC[C@@]5(C)[C@]3(C)CC4)[C@H](O)[C@@H](O)[C@@H]2O)[C@H](O)[C@@H](O)[C@@H]1O[C@@H]1O[C@@H](C)[C@H](O)[C@@H](O)[C@H]1O. The summed E-state index contributed by atoms with van der Waals surface area (Å²) in [4.78, 5) is 27.2. The number of ether oxygens (including phenoxy) is 11. The van der Waals surface area contributed by atoms with Crippen LogP contribution in [0.15, 0.2) is 11.6 Å². The van der Waals surface area contributed by atoms with Crippen LogP contribution in [0.1, 0.15) is 120 Å². The summed E-state index contributed by atoms with van der Waals surface area (Å²) in [6.07, 6.45) is -31.5. The first-order valence-electron chi connectivity index (χ1n) is 31.7. The van der Waals surface area contributed by atoms with Crippen molar-refractivity contribution < 1.29 is 138 Å². The van der Waals surface area contributed by atoms with Crippen LogP contribution in [0, 0.1) is 50.2 Å². The number of rotatable bonds is 15. The Morgan fingerprint density at radius 1 is 0.573 bits per heavy atom. The average molecular weight is 1280 g/mol. The van der Waals surface area contributed by atoms with Gasteiger partial charge in [0.1, 0.15) is 116 Å². The third kappa shape index (κ3) is 12.1. The van der Waals surface area contributed by atoms with Crippen molar-refractivity contribution in [3.05, 3.63) is 11.6 Å². The molecule has 0 aromatic heterocycles. The van der Waals surface area contributed by atoms with Crippen LogP contribution < -0.4 is 0 Å². The molecule has 510 valence electrons. The zero-order valence-electron chi connectivity index (χ0n) is 51.9. The fourth-order valence-corrected chi connectivity index (χ4v) is 17.8. The van der Waals surface area contributed by atoms with Gasteiger partial charge in [0.2, 0.25) is 6.29 Å². The van der Waals surface area contributed by atoms with Gasteiger partial charge in [0, 0.05) is 13.5 Å². The second-order valence-corrected chi connectivity index (χ2v) is 29.1. The molecule has 4 saturated carbocycles. The first-order chi connectivity index (χ1) is 41.7. The highest BCUT2D eigenvalue weighted by atomic mass is 16.8. The smallest absolute Gasteiger partial charge is 0.315 e. The van der Waals surface area contributed by atoms with Gasteiger partial charge in [-0.25, -0.2) is 0 Å². The molecule has 0 amide bonds. The Balaban J connectivity index is 0.838. The summed E-state index contributed by atoms with van der Waals surface area (Å²) in [7, 11) is 0. The van der Waals surface area contributed by atoms with E-state index < -0.39 is 213 Å². The van der Waals surface area contributed by atoms with Gasteiger partial charge >= 0.3 is 11.9 Å². The lowest BCUT2D eigenvalue weighted by Gasteiger charge is -2.71. The highest BCUT2D eigenvalue weighted by molar-refractivity contribution is 5.79. The molecule has 28 heteroatoms. The number of carbonyl (C=O) groups excluding carboxylic acids is 2. The molecular formula is C61H98O28. The topological polar surface area (TPSA) is 439 Å². The molecule has 89 heavy (non-hydrogen) atoms. The second-order valence-electron chi connectivity index (χ2n) is 29.1. The zero-order chi connectivity index (χ0) is 65.0. The number of hydrogen-bond acceptors (Lipinski definition) is 28. The fraction of sp³-hybridized carbons (Fsp3) is 0.934. The number of fused-ring (bicyclic) bond motifs is 7. The van der Waals surface area contributed by atoms with Crippen LogP contribution in [0.25, 0.3) is 0 Å². The van der Waals surface area contributed by atoms with Crippen molar-refractivity contribution >= 4 is 11.9 Å². The summed E-state index contributed by atoms with van der Waals surface area (Å²) in [6, 6.07) is 0. The lowest BCUT2D eigenvalue weighted by molar-refractivity contribution is -0.367. The lowest BCUT2D eigenvalue weighted by Crippen LogP contribution is -2.66. The molecule has 10 aliphatic rings. The first kappa shape index (κ1) is 69.5. The molecule has 0 bridgehead atoms. The molecule has 10 rings (SSSR count). The molecule has 15 N–H and O–H groups in total. The van der Waals surface area contributed by atoms with Crippen molar-refractivity contribution in [2.75, 3.05) is 33.0 Å². The van der Waals surface area contributed by atoms with Crippen LogP contribution in [0.3, 0.4) is 0 Å². The maximum atomic E-state index is 15.3. The minimum absolute atomic E-state index is 0.0997. The van der Waals surface area contributed by atoms with E-state index in [1.165, 1.54) is 6.92 Å². The summed E-state index contributed by atoms with van der Waals surface area (Å²) < 4.78 is 64.9. The monoisotopic (exact) mass is 1280 g/mol. The molecule has 5 heterocycles. The number of carbonyl (C=O) groups is 2. The Kier molecular flexibility index (Phi) is 20.3. The van der Waals surface area contributed by atoms with Gasteiger partial charge in [-0.1, -0.05) is 53.2 Å². The average Bonchev–Trinajstić information content (AvgIpc) is 0.682. The van der Waals surface area contributed by atoms with E-state index in [0.29, 0.717) is 44.9 Å². The molecule has 0 aromatic rings. The highest BCUT2D eigenvalue weighted by Gasteiger charge is 2.70. The molecule has 33 atom stereocenters. The van der Waals surface area contributed by atoms with Crippen LogP contribution >= 0.6 is 0 Å². The summed E-state index contributed by atoms with van der Waals surface area (Å²) in [5.41, 5.74) is -2.15. The molecule has 0 unspecified atom stereocenters. The van der Waals surface area contributed by atoms with Gasteiger partial charge in [-0.05, 0) is 116 Å². The molecule has 0 spiro atoms. The summed E-state index contributed by atoms with van der Waals surface area (Å²) in [6.45, 7) is 13.5. The number of aliphatic hydroxyl groups excluding tert-OH is 15. The molecule has 0 aromatic carbocycles. The van der Waals surface area contributed by atoms with Crippen LogP contribution in [0.4, 0.5) is 0 Å². The Hall–Kier alpha value is -2.28. The molecule has 5 aliphatic carbocycles. The van der Waals surface area contributed by atoms with Gasteiger partial charge < -0.3 is 129 Å². The van der Waals surface area contributed by atoms with Gasteiger partial charge in [-0.15, -0.1) is 0 Å². The molecule has 0 radical (unpaired) electrons. The van der Waals surface area contributed by atoms with Crippen LogP contribution in [0.2, 0.25) is 0 Å². The van der Waals surface area contributed by atoms with E-state index in [9.17, 15) is 81.4 Å². The Morgan fingerprint density at radius 3 is 1.83 bits per heavy atom. The predicted octanol–water partition coefficient (Wildman–Crippen LogP) is -3.00. The van der Waals surface area contributed by atoms with Gasteiger partial charge in [0.05, 0.1) is 37.4 Å². The fourth-order valence-electron chi connectivity index (χ4n) is 17.8. The summed E-state index contributed by atoms with van der Waals surface area (Å²) in [5.74, 6) is -1.63. The number of aliphatic hydroxyl groups is 15. The van der Waals surface area contributed by atoms with Crippen LogP contribution in [0.5, 0.6) is 0 Å². The van der Waals surface area contributed by atoms with Crippen molar-refractivity contribution in [1.29, 1.82) is 0 Å². The third-order valence-corrected chi connectivity index (χ3v) is 23.6. The maximum absolute atomic E-state index is 15.3. The lowest BCUT2D eigenvalue weighted by atomic mass is 9.33. The van der Waals surface area contributed by atoms with Crippen molar-refractivity contribution in [3.63, 3.8) is 0 Å². The molecule has 28 nitrogen and oxygen atoms in total. The Bertz CT molecular complexity index is 2510. The minimum Gasteiger partial charge on any atom is -0.463 e. The van der Waals surface area contributed by atoms with Crippen molar-refractivity contribution in [2.24, 2.45) is 50.2 Å². The van der Waals surface area contributed by atoms with E-state index >= 15 is 4.79 Å². The molecule has 5 aliphatic heterocycles. The van der Waals surface area contributed by atoms with Crippen LogP contribution in [-0.2, 0) is 61.7 Å². The molecular weight excluding hydrogens is 1180 g/mol. The van der Waals surface area contributed by atoms with Gasteiger partial charge in [0.15, 0.2) is 25.2 Å². The Morgan fingerprint density at radius 2 is 1.17 bits per heavy atom. The van der Waals surface area contributed by atoms with Crippen molar-refractivity contribution in [3.8, 4) is 0 Å². The highest BCUT2D eigenvalue weighted by Crippen LogP contribution is 2.76. The number of esters is 2. The number of hydrogen-bond donors (Lipinski definition) is 15. The van der Waals surface area contributed by atoms with Crippen molar-refractivity contribution in [2.45, 2.75) is 273 Å². The largest absolute Gasteiger partial charge is 0.463 e. The van der Waals surface area contributed by atoms with E-state index in [-0.39, 0.29) is 35.9 Å². The van der Waals surface area contributed by atoms with Gasteiger partial charge in [0.25, 0.3) is 0 Å². The zero-order valence-corrected chi connectivity index (χ0v) is 51.9. The standard InChI is InChI=1S/C61H98O28/c1-25-36(66)40(70)44(74)51(82-25)87-48-32(23-79-26(2)64)85-50(47(77)43(48)73)81-22-31-39(69)42(72)46(76)53(84-31)89-55(78)61-17-15-57(5,24-63)19-28(61)27-9-10-34-58(6)13-12-35(56(3,4)33(58)11-14-60(34,8)59(27,7)16-18-61)86-54-49(37(67)29(65)21-80-54)88-52-45(75)41(71)38(68)30(20-62)83-52/h9,25,28-54,62-63,65-77H,10-24H2,1-8H3/t25-,28-,29-,30+,31+,32+,33-,34+,35-,36-,37-,38+,39+,40+,41-,42-,43+,44+,45+,46+,47+,48+,49+,50+,51-,52-,53-,54-,57+,58-,59+,60+,61-/m0/s1. The molecule has 9 fully saturated rings. The van der Waals surface area contributed by atoms with Gasteiger partial charge in [-0.3, -0.25) is 9.59 Å². The molecule has 5 saturated heterocycles. The van der Waals surface area contributed by atoms with E-state index in [2.05, 4.69) is 40.7 Å². The van der Waals surface area contributed by atoms with E-state index in [0.717, 1.165) is 31.8 Å². The summed E-state index contributed by atoms with van der Waals surface area (Å²) >= 11 is 0. The number of allylic oxidation sites excluding steroid dienone is 2. The van der Waals surface area contributed by atoms with E-state index in [1.807, 2.05) is 6.92 Å². The normalized spacial score (nSPS) is 53.2. The minimum atomic E-state index is -1.95. The second kappa shape index (κ2) is 26.0. The maximum Gasteiger partial charge on any atom is 0.315 e. The third-order valence-electron chi connectivity index (χ3n) is 23.6. The predicted molar refractivity (Wildman–Crippen MR) is 299 cm³/mol. The van der Waals surface area contributed by atoms with Gasteiger partial charge in [-0.2, -0.15) is 0 Å².